The van der Waals surface area contributed by atoms with Crippen molar-refractivity contribution in [3.8, 4) is 0 Å². The van der Waals surface area contributed by atoms with Gasteiger partial charge in [0.05, 0.1) is 18.2 Å². The zero-order valence-electron chi connectivity index (χ0n) is 7.06. The highest BCUT2D eigenvalue weighted by molar-refractivity contribution is 9.10. The van der Waals surface area contributed by atoms with Crippen molar-refractivity contribution < 1.29 is 14.2 Å². The van der Waals surface area contributed by atoms with Gasteiger partial charge in [-0.2, -0.15) is 0 Å². The highest BCUT2D eigenvalue weighted by Crippen LogP contribution is 2.35. The summed E-state index contributed by atoms with van der Waals surface area (Å²) in [5.41, 5.74) is -1.02. The lowest BCUT2D eigenvalue weighted by atomic mass is 9.92. The van der Waals surface area contributed by atoms with Crippen LogP contribution in [0.15, 0.2) is 16.6 Å². The molecule has 0 bridgehead atoms. The SMILES string of the molecule is OC1(c2cc(Cl)c(Br)cc2F)COC1. The molecular formula is C9H7BrClFO2. The van der Waals surface area contributed by atoms with Crippen LogP contribution in [0.2, 0.25) is 5.02 Å². The van der Waals surface area contributed by atoms with Crippen molar-refractivity contribution in [3.63, 3.8) is 0 Å². The molecule has 0 saturated carbocycles. The van der Waals surface area contributed by atoms with Crippen molar-refractivity contribution in [3.05, 3.63) is 33.0 Å². The van der Waals surface area contributed by atoms with Gasteiger partial charge in [0.15, 0.2) is 0 Å². The van der Waals surface area contributed by atoms with Gasteiger partial charge in [-0.15, -0.1) is 0 Å². The van der Waals surface area contributed by atoms with E-state index in [-0.39, 0.29) is 18.8 Å². The number of benzene rings is 1. The number of ether oxygens (including phenoxy) is 1. The van der Waals surface area contributed by atoms with Crippen LogP contribution in [-0.4, -0.2) is 18.3 Å². The minimum Gasteiger partial charge on any atom is -0.380 e. The molecule has 0 aromatic heterocycles. The Morgan fingerprint density at radius 3 is 2.64 bits per heavy atom. The lowest BCUT2D eigenvalue weighted by molar-refractivity contribution is -0.186. The van der Waals surface area contributed by atoms with Gasteiger partial charge in [-0.05, 0) is 28.1 Å². The molecule has 1 N–H and O–H groups in total. The number of hydrogen-bond donors (Lipinski definition) is 1. The van der Waals surface area contributed by atoms with E-state index in [4.69, 9.17) is 16.3 Å². The summed E-state index contributed by atoms with van der Waals surface area (Å²) >= 11 is 8.91. The maximum absolute atomic E-state index is 13.4. The van der Waals surface area contributed by atoms with Crippen LogP contribution in [0.1, 0.15) is 5.56 Å². The normalized spacial score (nSPS) is 19.1. The molecular weight excluding hydrogens is 274 g/mol. The first-order valence-electron chi connectivity index (χ1n) is 3.98. The summed E-state index contributed by atoms with van der Waals surface area (Å²) in [5.74, 6) is -0.480. The van der Waals surface area contributed by atoms with Crippen LogP contribution in [0.4, 0.5) is 4.39 Å². The summed E-state index contributed by atoms with van der Waals surface area (Å²) in [6.07, 6.45) is 0. The van der Waals surface area contributed by atoms with Crippen LogP contribution >= 0.6 is 27.5 Å². The van der Waals surface area contributed by atoms with E-state index in [1.807, 2.05) is 0 Å². The Morgan fingerprint density at radius 2 is 2.14 bits per heavy atom. The monoisotopic (exact) mass is 280 g/mol. The van der Waals surface area contributed by atoms with E-state index < -0.39 is 11.4 Å². The summed E-state index contributed by atoms with van der Waals surface area (Å²) < 4.78 is 18.8. The van der Waals surface area contributed by atoms with Crippen molar-refractivity contribution in [2.45, 2.75) is 5.60 Å². The molecule has 2 nitrogen and oxygen atoms in total. The Kier molecular flexibility index (Phi) is 2.55. The topological polar surface area (TPSA) is 29.5 Å². The van der Waals surface area contributed by atoms with Gasteiger partial charge in [-0.3, -0.25) is 0 Å². The molecule has 1 heterocycles. The number of rotatable bonds is 1. The molecule has 1 aliphatic rings. The smallest absolute Gasteiger partial charge is 0.139 e. The molecule has 2 rings (SSSR count). The first-order chi connectivity index (χ1) is 6.53. The minimum absolute atomic E-state index is 0.113. The molecule has 0 amide bonds. The van der Waals surface area contributed by atoms with E-state index in [2.05, 4.69) is 15.9 Å². The van der Waals surface area contributed by atoms with Crippen LogP contribution in [0, 0.1) is 5.82 Å². The molecule has 0 unspecified atom stereocenters. The molecule has 1 aromatic carbocycles. The zero-order chi connectivity index (χ0) is 10.3. The second-order valence-electron chi connectivity index (χ2n) is 3.27. The standard InChI is InChI=1S/C9H7BrClFO2/c10-6-2-8(12)5(1-7(6)11)9(13)3-14-4-9/h1-2,13H,3-4H2. The number of hydrogen-bond acceptors (Lipinski definition) is 2. The Bertz CT molecular complexity index is 379. The quantitative estimate of drug-likeness (QED) is 0.801. The van der Waals surface area contributed by atoms with Gasteiger partial charge in [0.25, 0.3) is 0 Å². The fraction of sp³-hybridized carbons (Fsp3) is 0.333. The first kappa shape index (κ1) is 10.4. The summed E-state index contributed by atoms with van der Waals surface area (Å²) in [6, 6.07) is 2.66. The van der Waals surface area contributed by atoms with Gasteiger partial charge < -0.3 is 9.84 Å². The fourth-order valence-corrected chi connectivity index (χ4v) is 1.81. The van der Waals surface area contributed by atoms with Crippen molar-refractivity contribution in [2.24, 2.45) is 0 Å². The number of aliphatic hydroxyl groups is 1. The highest BCUT2D eigenvalue weighted by Gasteiger charge is 2.40. The third-order valence-corrected chi connectivity index (χ3v) is 3.39. The maximum atomic E-state index is 13.4. The summed E-state index contributed by atoms with van der Waals surface area (Å²) in [5, 5.41) is 10.2. The molecule has 0 atom stereocenters. The van der Waals surface area contributed by atoms with Gasteiger partial charge in [-0.25, -0.2) is 4.39 Å². The van der Waals surface area contributed by atoms with Crippen LogP contribution in [-0.2, 0) is 10.3 Å². The van der Waals surface area contributed by atoms with Crippen molar-refractivity contribution >= 4 is 27.5 Å². The summed E-state index contributed by atoms with van der Waals surface area (Å²) in [6.45, 7) is 0.226. The lowest BCUT2D eigenvalue weighted by Crippen LogP contribution is -2.47. The van der Waals surface area contributed by atoms with Gasteiger partial charge in [0.2, 0.25) is 0 Å². The van der Waals surface area contributed by atoms with E-state index in [9.17, 15) is 9.50 Å². The number of halogens is 3. The van der Waals surface area contributed by atoms with Gasteiger partial charge >= 0.3 is 0 Å². The van der Waals surface area contributed by atoms with E-state index in [1.54, 1.807) is 0 Å². The van der Waals surface area contributed by atoms with Gasteiger partial charge in [0.1, 0.15) is 11.4 Å². The maximum Gasteiger partial charge on any atom is 0.139 e. The van der Waals surface area contributed by atoms with Crippen molar-refractivity contribution in [2.75, 3.05) is 13.2 Å². The van der Waals surface area contributed by atoms with E-state index in [0.29, 0.717) is 9.50 Å². The molecule has 5 heteroatoms. The largest absolute Gasteiger partial charge is 0.380 e. The van der Waals surface area contributed by atoms with Gasteiger partial charge in [-0.1, -0.05) is 11.6 Å². The Morgan fingerprint density at radius 1 is 1.50 bits per heavy atom. The molecule has 0 aliphatic carbocycles. The Labute approximate surface area is 93.8 Å². The van der Waals surface area contributed by atoms with E-state index in [0.717, 1.165) is 0 Å². The van der Waals surface area contributed by atoms with Gasteiger partial charge in [0, 0.05) is 10.0 Å². The molecule has 1 saturated heterocycles. The van der Waals surface area contributed by atoms with Crippen LogP contribution in [0.25, 0.3) is 0 Å². The average molecular weight is 282 g/mol. The summed E-state index contributed by atoms with van der Waals surface area (Å²) in [7, 11) is 0. The van der Waals surface area contributed by atoms with Crippen molar-refractivity contribution in [1.82, 2.24) is 0 Å². The second kappa shape index (κ2) is 3.45. The average Bonchev–Trinajstić information content (AvgIpc) is 2.07. The second-order valence-corrected chi connectivity index (χ2v) is 4.53. The first-order valence-corrected chi connectivity index (χ1v) is 5.15. The van der Waals surface area contributed by atoms with E-state index in [1.165, 1.54) is 12.1 Å². The Balaban J connectivity index is 2.48. The van der Waals surface area contributed by atoms with Crippen LogP contribution < -0.4 is 0 Å². The lowest BCUT2D eigenvalue weighted by Gasteiger charge is -2.36. The predicted octanol–water partition coefficient (Wildman–Crippen LogP) is 2.46. The third-order valence-electron chi connectivity index (χ3n) is 2.19. The minimum atomic E-state index is -1.21. The van der Waals surface area contributed by atoms with Crippen molar-refractivity contribution in [1.29, 1.82) is 0 Å². The predicted molar refractivity (Wildman–Crippen MR) is 53.8 cm³/mol. The van der Waals surface area contributed by atoms with Crippen LogP contribution in [0.5, 0.6) is 0 Å². The van der Waals surface area contributed by atoms with E-state index >= 15 is 0 Å². The summed E-state index contributed by atoms with van der Waals surface area (Å²) in [4.78, 5) is 0. The highest BCUT2D eigenvalue weighted by atomic mass is 79.9. The molecule has 14 heavy (non-hydrogen) atoms. The zero-order valence-corrected chi connectivity index (χ0v) is 9.40. The Hall–Kier alpha value is -0.160. The molecule has 0 radical (unpaired) electrons. The molecule has 1 aromatic rings. The molecule has 1 fully saturated rings. The molecule has 0 spiro atoms. The third kappa shape index (κ3) is 1.56. The molecule has 76 valence electrons. The molecule has 1 aliphatic heterocycles. The fourth-order valence-electron chi connectivity index (χ4n) is 1.33. The van der Waals surface area contributed by atoms with Crippen LogP contribution in [0.3, 0.4) is 0 Å².